The van der Waals surface area contributed by atoms with Gasteiger partial charge in [-0.05, 0) is 6.04 Å². The molecule has 0 aromatic rings. The topological polar surface area (TPSA) is 23.8 Å². The third-order valence-corrected chi connectivity index (χ3v) is 7.07. The number of nitrogens with zero attached hydrogens (tertiary/aromatic N) is 1. The first-order valence-corrected chi connectivity index (χ1v) is 6.77. The van der Waals surface area contributed by atoms with E-state index in [1.807, 2.05) is 18.3 Å². The summed E-state index contributed by atoms with van der Waals surface area (Å²) in [5.41, 5.74) is 4.07. The van der Waals surface area contributed by atoms with Crippen LogP contribution in [-0.2, 0) is 0 Å². The number of hydrogen-bond acceptors (Lipinski definition) is 1. The highest BCUT2D eigenvalue weighted by atomic mass is 28.3. The van der Waals surface area contributed by atoms with Crippen molar-refractivity contribution in [3.8, 4) is 6.07 Å². The molecule has 0 aromatic carbocycles. The van der Waals surface area contributed by atoms with E-state index in [0.717, 1.165) is 12.5 Å². The predicted molar refractivity (Wildman–Crippen MR) is 56.3 cm³/mol. The molecule has 1 nitrogen and oxygen atoms in total. The van der Waals surface area contributed by atoms with Crippen LogP contribution in [0.3, 0.4) is 0 Å². The van der Waals surface area contributed by atoms with Crippen molar-refractivity contribution in [2.45, 2.75) is 31.9 Å². The van der Waals surface area contributed by atoms with Gasteiger partial charge >= 0.3 is 0 Å². The summed E-state index contributed by atoms with van der Waals surface area (Å²) in [5, 5.41) is 8.85. The van der Waals surface area contributed by atoms with E-state index in [9.17, 15) is 0 Å². The molecule has 0 amide bonds. The van der Waals surface area contributed by atoms with Crippen LogP contribution in [0.5, 0.6) is 0 Å². The van der Waals surface area contributed by atoms with Gasteiger partial charge in [-0.25, -0.2) is 0 Å². The second kappa shape index (κ2) is 4.94. The van der Waals surface area contributed by atoms with E-state index in [2.05, 4.69) is 26.2 Å². The second-order valence-electron chi connectivity index (χ2n) is 3.12. The van der Waals surface area contributed by atoms with Gasteiger partial charge in [0.25, 0.3) is 0 Å². The quantitative estimate of drug-likeness (QED) is 0.594. The molecule has 0 aliphatic heterocycles. The summed E-state index contributed by atoms with van der Waals surface area (Å²) in [5.74, 6) is 0. The van der Waals surface area contributed by atoms with Crippen LogP contribution in [-0.4, -0.2) is 8.07 Å². The fraction of sp³-hybridized carbons (Fsp3) is 0.500. The Morgan fingerprint density at radius 1 is 1.50 bits per heavy atom. The van der Waals surface area contributed by atoms with Gasteiger partial charge in [0.2, 0.25) is 0 Å². The highest BCUT2D eigenvalue weighted by Crippen LogP contribution is 2.28. The number of hydrogen-bond donors (Lipinski definition) is 0. The normalized spacial score (nSPS) is 13.1. The molecule has 0 rings (SSSR count). The summed E-state index contributed by atoms with van der Waals surface area (Å²) >= 11 is 0. The molecular formula is C10H17NSi. The Hall–Kier alpha value is -0.813. The Balaban J connectivity index is 4.70. The van der Waals surface area contributed by atoms with Gasteiger partial charge in [0.05, 0.1) is 6.07 Å². The average Bonchev–Trinajstić information content (AvgIpc) is 2.13. The van der Waals surface area contributed by atoms with Gasteiger partial charge in [0, 0.05) is 5.54 Å². The van der Waals surface area contributed by atoms with Gasteiger partial charge in [-0.2, -0.15) is 5.26 Å². The number of rotatable bonds is 5. The van der Waals surface area contributed by atoms with Crippen molar-refractivity contribution in [1.82, 2.24) is 0 Å². The first kappa shape index (κ1) is 11.2. The molecule has 0 N–H and O–H groups in total. The highest BCUT2D eigenvalue weighted by Gasteiger charge is 2.31. The fourth-order valence-corrected chi connectivity index (χ4v) is 4.23. The van der Waals surface area contributed by atoms with Crippen molar-refractivity contribution >= 4 is 8.07 Å². The van der Waals surface area contributed by atoms with Crippen LogP contribution in [0, 0.1) is 11.3 Å². The minimum atomic E-state index is -1.68. The monoisotopic (exact) mass is 179 g/mol. The Labute approximate surface area is 76.4 Å². The largest absolute Gasteiger partial charge is 0.198 e. The first-order chi connectivity index (χ1) is 5.66. The van der Waals surface area contributed by atoms with Crippen molar-refractivity contribution in [3.05, 3.63) is 24.6 Å². The molecule has 0 aliphatic carbocycles. The fourth-order valence-electron chi connectivity index (χ4n) is 1.41. The maximum Gasteiger partial charge on any atom is 0.118 e. The lowest BCUT2D eigenvalue weighted by molar-refractivity contribution is 1.01. The highest BCUT2D eigenvalue weighted by molar-refractivity contribution is 6.90. The van der Waals surface area contributed by atoms with E-state index < -0.39 is 8.07 Å². The molecule has 0 saturated heterocycles. The summed E-state index contributed by atoms with van der Waals surface area (Å²) in [6, 6.07) is 3.40. The van der Waals surface area contributed by atoms with Gasteiger partial charge in [-0.3, -0.25) is 0 Å². The molecule has 1 atom stereocenters. The van der Waals surface area contributed by atoms with Crippen LogP contribution < -0.4 is 0 Å². The van der Waals surface area contributed by atoms with Gasteiger partial charge in [0.1, 0.15) is 8.07 Å². The van der Waals surface area contributed by atoms with Crippen molar-refractivity contribution in [1.29, 1.82) is 5.26 Å². The minimum absolute atomic E-state index is 0.104. The van der Waals surface area contributed by atoms with E-state index in [4.69, 9.17) is 5.26 Å². The smallest absolute Gasteiger partial charge is 0.118 e. The molecule has 0 radical (unpaired) electrons. The minimum Gasteiger partial charge on any atom is -0.198 e. The van der Waals surface area contributed by atoms with Gasteiger partial charge in [-0.15, -0.1) is 13.2 Å². The molecule has 12 heavy (non-hydrogen) atoms. The van der Waals surface area contributed by atoms with Crippen molar-refractivity contribution in [2.24, 2.45) is 0 Å². The number of nitriles is 1. The molecule has 0 fully saturated rings. The van der Waals surface area contributed by atoms with Crippen LogP contribution >= 0.6 is 0 Å². The molecule has 0 saturated carbocycles. The Bertz CT molecular complexity index is 194. The maximum absolute atomic E-state index is 8.85. The Kier molecular flexibility index (Phi) is 4.61. The lowest BCUT2D eigenvalue weighted by atomic mass is 10.5. The Morgan fingerprint density at radius 3 is 2.25 bits per heavy atom. The summed E-state index contributed by atoms with van der Waals surface area (Å²) in [6.45, 7) is 11.8. The van der Waals surface area contributed by atoms with E-state index in [1.165, 1.54) is 0 Å². The SMILES string of the molecule is C=C[Si](C=C)(CCC)C(C)C#N. The molecule has 2 heteroatoms. The summed E-state index contributed by atoms with van der Waals surface area (Å²) in [6.07, 6.45) is 1.11. The summed E-state index contributed by atoms with van der Waals surface area (Å²) < 4.78 is 0. The molecule has 0 aliphatic rings. The van der Waals surface area contributed by atoms with Gasteiger partial charge < -0.3 is 0 Å². The van der Waals surface area contributed by atoms with Gasteiger partial charge in [0.15, 0.2) is 0 Å². The molecular weight excluding hydrogens is 162 g/mol. The van der Waals surface area contributed by atoms with E-state index in [1.54, 1.807) is 0 Å². The molecule has 0 aromatic heterocycles. The molecule has 1 unspecified atom stereocenters. The zero-order valence-electron chi connectivity index (χ0n) is 8.01. The van der Waals surface area contributed by atoms with E-state index in [0.29, 0.717) is 0 Å². The van der Waals surface area contributed by atoms with Crippen LogP contribution in [0.25, 0.3) is 0 Å². The van der Waals surface area contributed by atoms with Crippen molar-refractivity contribution < 1.29 is 0 Å². The summed E-state index contributed by atoms with van der Waals surface area (Å²) in [4.78, 5) is 0. The van der Waals surface area contributed by atoms with Crippen LogP contribution in [0.15, 0.2) is 24.6 Å². The van der Waals surface area contributed by atoms with E-state index >= 15 is 0 Å². The van der Waals surface area contributed by atoms with Crippen LogP contribution in [0.1, 0.15) is 20.3 Å². The Morgan fingerprint density at radius 2 is 2.00 bits per heavy atom. The lowest BCUT2D eigenvalue weighted by Gasteiger charge is -2.25. The third-order valence-electron chi connectivity index (χ3n) is 2.44. The third kappa shape index (κ3) is 2.08. The second-order valence-corrected chi connectivity index (χ2v) is 7.53. The molecule has 0 heterocycles. The zero-order chi connectivity index (χ0) is 9.61. The van der Waals surface area contributed by atoms with Gasteiger partial charge in [-0.1, -0.05) is 31.7 Å². The maximum atomic E-state index is 8.85. The van der Waals surface area contributed by atoms with Crippen LogP contribution in [0.4, 0.5) is 0 Å². The van der Waals surface area contributed by atoms with Crippen molar-refractivity contribution in [2.75, 3.05) is 0 Å². The zero-order valence-corrected chi connectivity index (χ0v) is 9.01. The van der Waals surface area contributed by atoms with E-state index in [-0.39, 0.29) is 5.54 Å². The molecule has 0 spiro atoms. The lowest BCUT2D eigenvalue weighted by Crippen LogP contribution is -2.33. The van der Waals surface area contributed by atoms with Crippen molar-refractivity contribution in [3.63, 3.8) is 0 Å². The first-order valence-electron chi connectivity index (χ1n) is 4.33. The molecule has 66 valence electrons. The molecule has 0 bridgehead atoms. The average molecular weight is 179 g/mol. The predicted octanol–water partition coefficient (Wildman–Crippen LogP) is 3.21. The van der Waals surface area contributed by atoms with Crippen LogP contribution in [0.2, 0.25) is 11.6 Å². The standard InChI is InChI=1S/C10H17NSi/c1-5-8-12(6-2,7-3)10(4)9-11/h6-7,10H,2-3,5,8H2,1,4H3. The summed E-state index contributed by atoms with van der Waals surface area (Å²) in [7, 11) is -1.68.